The second-order valence-electron chi connectivity index (χ2n) is 7.81. The van der Waals surface area contributed by atoms with E-state index in [0.717, 1.165) is 16.6 Å². The van der Waals surface area contributed by atoms with E-state index in [1.54, 1.807) is 18.5 Å². The van der Waals surface area contributed by atoms with Gasteiger partial charge in [-0.05, 0) is 36.4 Å². The van der Waals surface area contributed by atoms with Crippen molar-refractivity contribution in [1.29, 1.82) is 0 Å². The molecule has 0 spiro atoms. The fraction of sp³-hybridized carbons (Fsp3) is 0.182. The summed E-state index contributed by atoms with van der Waals surface area (Å²) in [6.07, 6.45) is 3.47. The average Bonchev–Trinajstić information content (AvgIpc) is 2.99. The van der Waals surface area contributed by atoms with Gasteiger partial charge in [-0.3, -0.25) is 9.97 Å². The van der Waals surface area contributed by atoms with E-state index in [1.165, 1.54) is 12.1 Å². The van der Waals surface area contributed by atoms with Crippen molar-refractivity contribution in [2.75, 3.05) is 11.1 Å². The van der Waals surface area contributed by atoms with Gasteiger partial charge in [0.2, 0.25) is 5.88 Å². The van der Waals surface area contributed by atoms with E-state index in [-0.39, 0.29) is 16.3 Å². The number of nitrogen functional groups attached to an aromatic ring is 1. The Hall–Kier alpha value is -3.12. The Bertz CT molecular complexity index is 1210. The normalized spacial score (nSPS) is 11.8. The molecule has 148 valence electrons. The number of hydrogen-bond acceptors (Lipinski definition) is 5. The van der Waals surface area contributed by atoms with Crippen LogP contribution in [0.4, 0.5) is 21.6 Å². The second-order valence-corrected chi connectivity index (χ2v) is 8.22. The van der Waals surface area contributed by atoms with Crippen molar-refractivity contribution in [3.8, 4) is 11.3 Å². The van der Waals surface area contributed by atoms with Gasteiger partial charge in [-0.2, -0.15) is 0 Å². The monoisotopic (exact) mass is 410 g/mol. The van der Waals surface area contributed by atoms with E-state index in [9.17, 15) is 4.39 Å². The van der Waals surface area contributed by atoms with Crippen LogP contribution < -0.4 is 11.1 Å². The minimum atomic E-state index is -0.485. The van der Waals surface area contributed by atoms with Crippen LogP contribution in [0.5, 0.6) is 0 Å². The molecule has 4 rings (SSSR count). The van der Waals surface area contributed by atoms with Crippen LogP contribution >= 0.6 is 11.6 Å². The van der Waals surface area contributed by atoms with Gasteiger partial charge >= 0.3 is 0 Å². The molecule has 5 nitrogen and oxygen atoms in total. The summed E-state index contributed by atoms with van der Waals surface area (Å²) in [6.45, 7) is 6.32. The number of pyridine rings is 2. The molecule has 7 heteroatoms. The van der Waals surface area contributed by atoms with Crippen LogP contribution in [0.25, 0.3) is 22.2 Å². The molecule has 3 heterocycles. The minimum absolute atomic E-state index is 0.0234. The molecule has 0 atom stereocenters. The number of halogens is 2. The molecule has 0 aliphatic rings. The molecule has 3 aromatic heterocycles. The molecule has 0 unspecified atom stereocenters. The summed E-state index contributed by atoms with van der Waals surface area (Å²) in [6, 6.07) is 10.1. The highest BCUT2D eigenvalue weighted by molar-refractivity contribution is 6.31. The lowest BCUT2D eigenvalue weighted by molar-refractivity contribution is 0.569. The molecule has 0 aliphatic carbocycles. The first-order chi connectivity index (χ1) is 13.7. The number of fused-ring (bicyclic) bond motifs is 1. The molecule has 0 aliphatic heterocycles. The SMILES string of the molecule is CC(C)(C)c1cc(-c2nccc3c(Nc4ccc(F)c(Cl)c4)c(N)oc23)ccn1. The number of anilines is 3. The maximum atomic E-state index is 13.5. The molecule has 3 N–H and O–H groups in total. The smallest absolute Gasteiger partial charge is 0.215 e. The highest BCUT2D eigenvalue weighted by atomic mass is 35.5. The third kappa shape index (κ3) is 3.63. The van der Waals surface area contributed by atoms with Crippen molar-refractivity contribution in [3.63, 3.8) is 0 Å². The van der Waals surface area contributed by atoms with Crippen LogP contribution in [-0.4, -0.2) is 9.97 Å². The van der Waals surface area contributed by atoms with E-state index in [0.29, 0.717) is 22.7 Å². The zero-order valence-electron chi connectivity index (χ0n) is 16.3. The average molecular weight is 411 g/mol. The molecule has 0 radical (unpaired) electrons. The van der Waals surface area contributed by atoms with Crippen LogP contribution in [0, 0.1) is 5.82 Å². The number of aromatic nitrogens is 2. The Labute approximate surface area is 172 Å². The van der Waals surface area contributed by atoms with E-state index >= 15 is 0 Å². The van der Waals surface area contributed by atoms with Gasteiger partial charge in [-0.25, -0.2) is 4.39 Å². The molecule has 0 saturated heterocycles. The van der Waals surface area contributed by atoms with Gasteiger partial charge in [-0.15, -0.1) is 0 Å². The predicted octanol–water partition coefficient (Wildman–Crippen LogP) is 6.31. The first kappa shape index (κ1) is 19.2. The van der Waals surface area contributed by atoms with E-state index in [4.69, 9.17) is 21.8 Å². The summed E-state index contributed by atoms with van der Waals surface area (Å²) in [4.78, 5) is 8.98. The summed E-state index contributed by atoms with van der Waals surface area (Å²) in [5.41, 5.74) is 10.3. The lowest BCUT2D eigenvalue weighted by atomic mass is 9.90. The predicted molar refractivity (Wildman–Crippen MR) is 115 cm³/mol. The fourth-order valence-corrected chi connectivity index (χ4v) is 3.26. The number of benzene rings is 1. The number of nitrogens with one attached hydrogen (secondary N) is 1. The Morgan fingerprint density at radius 2 is 1.83 bits per heavy atom. The zero-order chi connectivity index (χ0) is 20.8. The van der Waals surface area contributed by atoms with Gasteiger partial charge in [0, 0.05) is 34.8 Å². The van der Waals surface area contributed by atoms with Crippen molar-refractivity contribution in [3.05, 3.63) is 65.3 Å². The molecule has 0 fully saturated rings. The lowest BCUT2D eigenvalue weighted by Crippen LogP contribution is -2.13. The molecular formula is C22H20ClFN4O. The van der Waals surface area contributed by atoms with Gasteiger partial charge in [0.05, 0.1) is 10.4 Å². The highest BCUT2D eigenvalue weighted by Gasteiger charge is 2.20. The number of rotatable bonds is 3. The molecular weight excluding hydrogens is 391 g/mol. The lowest BCUT2D eigenvalue weighted by Gasteiger charge is -2.18. The van der Waals surface area contributed by atoms with Crippen LogP contribution in [0.1, 0.15) is 26.5 Å². The second kappa shape index (κ2) is 7.04. The minimum Gasteiger partial charge on any atom is -0.436 e. The Morgan fingerprint density at radius 1 is 1.07 bits per heavy atom. The number of hydrogen-bond donors (Lipinski definition) is 2. The molecule has 0 amide bonds. The maximum absolute atomic E-state index is 13.5. The molecule has 29 heavy (non-hydrogen) atoms. The quantitative estimate of drug-likeness (QED) is 0.414. The van der Waals surface area contributed by atoms with Gasteiger partial charge < -0.3 is 15.5 Å². The van der Waals surface area contributed by atoms with Crippen LogP contribution in [-0.2, 0) is 5.41 Å². The Balaban J connectivity index is 1.81. The summed E-state index contributed by atoms with van der Waals surface area (Å²) >= 11 is 5.88. The summed E-state index contributed by atoms with van der Waals surface area (Å²) in [5.74, 6) is -0.277. The van der Waals surface area contributed by atoms with E-state index in [1.807, 2.05) is 18.2 Å². The van der Waals surface area contributed by atoms with E-state index in [2.05, 4.69) is 36.1 Å². The maximum Gasteiger partial charge on any atom is 0.215 e. The molecule has 4 aromatic rings. The fourth-order valence-electron chi connectivity index (χ4n) is 3.08. The Kier molecular flexibility index (Phi) is 4.67. The van der Waals surface area contributed by atoms with Crippen LogP contribution in [0.2, 0.25) is 5.02 Å². The van der Waals surface area contributed by atoms with Crippen molar-refractivity contribution in [1.82, 2.24) is 9.97 Å². The molecule has 0 bridgehead atoms. The number of nitrogens with zero attached hydrogens (tertiary/aromatic N) is 2. The van der Waals surface area contributed by atoms with Crippen LogP contribution in [0.3, 0.4) is 0 Å². The van der Waals surface area contributed by atoms with Gasteiger partial charge in [0.1, 0.15) is 17.2 Å². The zero-order valence-corrected chi connectivity index (χ0v) is 17.0. The first-order valence-corrected chi connectivity index (χ1v) is 9.48. The van der Waals surface area contributed by atoms with Gasteiger partial charge in [-0.1, -0.05) is 32.4 Å². The van der Waals surface area contributed by atoms with Crippen molar-refractivity contribution < 1.29 is 8.81 Å². The molecule has 0 saturated carbocycles. The standard InChI is InChI=1S/C22H20ClFN4O/c1-22(2,3)17-10-12(6-8-26-17)18-20-14(7-9-27-18)19(21(25)29-20)28-13-4-5-16(24)15(23)11-13/h4-11,28H,25H2,1-3H3. The number of furan rings is 1. The topological polar surface area (TPSA) is 77.0 Å². The van der Waals surface area contributed by atoms with Gasteiger partial charge in [0.15, 0.2) is 5.58 Å². The third-order valence-corrected chi connectivity index (χ3v) is 4.91. The summed E-state index contributed by atoms with van der Waals surface area (Å²) < 4.78 is 19.3. The van der Waals surface area contributed by atoms with Crippen molar-refractivity contribution in [2.24, 2.45) is 0 Å². The van der Waals surface area contributed by atoms with Crippen molar-refractivity contribution in [2.45, 2.75) is 26.2 Å². The van der Waals surface area contributed by atoms with Crippen molar-refractivity contribution >= 4 is 39.8 Å². The summed E-state index contributed by atoms with van der Waals surface area (Å²) in [5, 5.41) is 3.96. The Morgan fingerprint density at radius 3 is 2.55 bits per heavy atom. The first-order valence-electron chi connectivity index (χ1n) is 9.10. The summed E-state index contributed by atoms with van der Waals surface area (Å²) in [7, 11) is 0. The van der Waals surface area contributed by atoms with Gasteiger partial charge in [0.25, 0.3) is 0 Å². The highest BCUT2D eigenvalue weighted by Crippen LogP contribution is 2.39. The molecule has 1 aromatic carbocycles. The van der Waals surface area contributed by atoms with E-state index < -0.39 is 5.82 Å². The largest absolute Gasteiger partial charge is 0.436 e. The van der Waals surface area contributed by atoms with Crippen LogP contribution in [0.15, 0.2) is 53.2 Å². The third-order valence-electron chi connectivity index (χ3n) is 4.62. The number of nitrogens with two attached hydrogens (primary N) is 1.